The molecule has 11 rings (SSSR count). The number of hydrogen-bond donors (Lipinski definition) is 0. The molecule has 6 heteroatoms. The maximum Gasteiger partial charge on any atom is 0.159 e. The van der Waals surface area contributed by atoms with Crippen LogP contribution in [0.4, 0.5) is 0 Å². The zero-order chi connectivity index (χ0) is 29.9. The van der Waals surface area contributed by atoms with Gasteiger partial charge in [0.15, 0.2) is 5.82 Å². The second kappa shape index (κ2) is 8.81. The minimum Gasteiger partial charge on any atom is -0.456 e. The first-order chi connectivity index (χ1) is 22.8. The lowest BCUT2D eigenvalue weighted by atomic mass is 10.1. The van der Waals surface area contributed by atoms with Gasteiger partial charge in [-0.2, -0.15) is 0 Å². The molecule has 0 fully saturated rings. The Morgan fingerprint density at radius 2 is 1.13 bits per heavy atom. The zero-order valence-corrected chi connectivity index (χ0v) is 25.1. The molecule has 0 aliphatic heterocycles. The number of fused-ring (bicyclic) bond motifs is 13. The lowest BCUT2D eigenvalue weighted by Gasteiger charge is -2.09. The highest BCUT2D eigenvalue weighted by molar-refractivity contribution is 7.26. The van der Waals surface area contributed by atoms with Gasteiger partial charge in [-0.1, -0.05) is 72.8 Å². The van der Waals surface area contributed by atoms with Crippen molar-refractivity contribution in [2.45, 2.75) is 0 Å². The van der Waals surface area contributed by atoms with Crippen LogP contribution in [-0.4, -0.2) is 19.1 Å². The molecular weight excluding hydrogens is 585 g/mol. The van der Waals surface area contributed by atoms with Gasteiger partial charge in [-0.3, -0.25) is 4.57 Å². The Balaban J connectivity index is 1.27. The molecule has 0 saturated carbocycles. The number of para-hydroxylation sites is 3. The Kier molecular flexibility index (Phi) is 4.66. The Hall–Kier alpha value is -5.98. The fourth-order valence-corrected chi connectivity index (χ4v) is 8.68. The molecule has 5 aromatic heterocycles. The lowest BCUT2D eigenvalue weighted by molar-refractivity contribution is 0.668. The topological polar surface area (TPSA) is 48.8 Å². The molecule has 0 radical (unpaired) electrons. The third kappa shape index (κ3) is 3.08. The first-order valence-corrected chi connectivity index (χ1v) is 16.1. The third-order valence-corrected chi connectivity index (χ3v) is 10.6. The number of hydrogen-bond acceptors (Lipinski definition) is 4. The van der Waals surface area contributed by atoms with E-state index >= 15 is 0 Å². The highest BCUT2D eigenvalue weighted by Crippen LogP contribution is 2.44. The van der Waals surface area contributed by atoms with E-state index < -0.39 is 0 Å². The Morgan fingerprint density at radius 3 is 1.93 bits per heavy atom. The fourth-order valence-electron chi connectivity index (χ4n) is 7.55. The molecule has 5 nitrogen and oxygen atoms in total. The van der Waals surface area contributed by atoms with Crippen molar-refractivity contribution < 1.29 is 4.42 Å². The summed E-state index contributed by atoms with van der Waals surface area (Å²) in [5.74, 6) is 0.913. The molecule has 6 aromatic carbocycles. The van der Waals surface area contributed by atoms with Crippen LogP contribution >= 0.6 is 11.3 Å². The van der Waals surface area contributed by atoms with E-state index in [9.17, 15) is 0 Å². The number of rotatable bonds is 2. The molecule has 214 valence electrons. The van der Waals surface area contributed by atoms with Crippen molar-refractivity contribution in [2.24, 2.45) is 0 Å². The fraction of sp³-hybridized carbons (Fsp3) is 0. The lowest BCUT2D eigenvalue weighted by Crippen LogP contribution is -1.98. The summed E-state index contributed by atoms with van der Waals surface area (Å²) in [4.78, 5) is 9.67. The van der Waals surface area contributed by atoms with Crippen LogP contribution in [0.1, 0.15) is 0 Å². The van der Waals surface area contributed by atoms with Crippen molar-refractivity contribution >= 4 is 97.2 Å². The summed E-state index contributed by atoms with van der Waals surface area (Å²) >= 11 is 1.75. The van der Waals surface area contributed by atoms with Crippen molar-refractivity contribution in [1.29, 1.82) is 0 Å². The summed E-state index contributed by atoms with van der Waals surface area (Å²) in [6.07, 6.45) is 1.70. The summed E-state index contributed by atoms with van der Waals surface area (Å²) in [5.41, 5.74) is 8.43. The largest absolute Gasteiger partial charge is 0.456 e. The average Bonchev–Trinajstić information content (AvgIpc) is 3.85. The van der Waals surface area contributed by atoms with E-state index in [-0.39, 0.29) is 0 Å². The summed E-state index contributed by atoms with van der Waals surface area (Å²) in [6.45, 7) is 0. The zero-order valence-electron chi connectivity index (χ0n) is 24.3. The van der Waals surface area contributed by atoms with E-state index in [1.54, 1.807) is 17.7 Å². The van der Waals surface area contributed by atoms with Crippen LogP contribution in [0.5, 0.6) is 0 Å². The van der Waals surface area contributed by atoms with Crippen molar-refractivity contribution in [3.8, 4) is 11.5 Å². The highest BCUT2D eigenvalue weighted by Gasteiger charge is 2.23. The average molecular weight is 607 g/mol. The predicted octanol–water partition coefficient (Wildman–Crippen LogP) is 10.9. The van der Waals surface area contributed by atoms with Crippen molar-refractivity contribution in [2.75, 3.05) is 0 Å². The van der Waals surface area contributed by atoms with Gasteiger partial charge in [0.2, 0.25) is 0 Å². The molecule has 0 unspecified atom stereocenters. The molecule has 0 aliphatic rings. The predicted molar refractivity (Wildman–Crippen MR) is 191 cm³/mol. The summed E-state index contributed by atoms with van der Waals surface area (Å²) < 4.78 is 13.3. The van der Waals surface area contributed by atoms with E-state index in [1.165, 1.54) is 31.6 Å². The molecule has 0 saturated heterocycles. The van der Waals surface area contributed by atoms with Gasteiger partial charge in [-0.15, -0.1) is 11.3 Å². The van der Waals surface area contributed by atoms with E-state index in [0.717, 1.165) is 65.7 Å². The molecule has 0 aliphatic carbocycles. The van der Waals surface area contributed by atoms with Crippen LogP contribution in [-0.2, 0) is 0 Å². The van der Waals surface area contributed by atoms with Gasteiger partial charge < -0.3 is 8.98 Å². The molecule has 46 heavy (non-hydrogen) atoms. The normalized spacial score (nSPS) is 12.3. The van der Waals surface area contributed by atoms with Crippen LogP contribution in [0.25, 0.3) is 97.4 Å². The summed E-state index contributed by atoms with van der Waals surface area (Å²) in [6, 6.07) is 45.2. The Morgan fingerprint density at radius 1 is 0.500 bits per heavy atom. The molecule has 0 spiro atoms. The Bertz CT molecular complexity index is 3050. The van der Waals surface area contributed by atoms with Gasteiger partial charge in [-0.05, 0) is 48.5 Å². The molecule has 5 heterocycles. The number of benzene rings is 6. The molecule has 11 aromatic rings. The summed E-state index contributed by atoms with van der Waals surface area (Å²) in [7, 11) is 0. The number of furan rings is 1. The molecule has 0 bridgehead atoms. The first-order valence-electron chi connectivity index (χ1n) is 15.3. The smallest absolute Gasteiger partial charge is 0.159 e. The second-order valence-corrected chi connectivity index (χ2v) is 12.9. The minimum atomic E-state index is 0.887. The van der Waals surface area contributed by atoms with Crippen LogP contribution in [0.3, 0.4) is 0 Å². The quantitative estimate of drug-likeness (QED) is 0.197. The van der Waals surface area contributed by atoms with Gasteiger partial charge in [-0.25, -0.2) is 9.97 Å². The van der Waals surface area contributed by atoms with Gasteiger partial charge in [0, 0.05) is 54.2 Å². The molecule has 0 atom stereocenters. The van der Waals surface area contributed by atoms with Crippen molar-refractivity contribution in [1.82, 2.24) is 19.1 Å². The van der Waals surface area contributed by atoms with Gasteiger partial charge in [0.25, 0.3) is 0 Å². The SMILES string of the molecule is c1ccc2c(c1)oc1cc(-n3c4ccccc4c4c5c6ccccc6n(-c6ncnc7c6sc6ccccc67)c5ccc43)ccc12. The maximum absolute atomic E-state index is 6.32. The Labute approximate surface area is 265 Å². The third-order valence-electron chi connectivity index (χ3n) is 9.44. The van der Waals surface area contributed by atoms with Crippen molar-refractivity contribution in [3.05, 3.63) is 134 Å². The summed E-state index contributed by atoms with van der Waals surface area (Å²) in [5, 5.41) is 8.30. The van der Waals surface area contributed by atoms with Crippen LogP contribution in [0.15, 0.2) is 138 Å². The highest BCUT2D eigenvalue weighted by atomic mass is 32.1. The monoisotopic (exact) mass is 606 g/mol. The molecule has 0 N–H and O–H groups in total. The van der Waals surface area contributed by atoms with Crippen LogP contribution in [0, 0.1) is 0 Å². The number of aromatic nitrogens is 4. The molecule has 0 amide bonds. The second-order valence-electron chi connectivity index (χ2n) is 11.8. The van der Waals surface area contributed by atoms with Gasteiger partial charge >= 0.3 is 0 Å². The molecular formula is C40H22N4OS. The van der Waals surface area contributed by atoms with E-state index in [2.05, 4.69) is 124 Å². The number of thiophene rings is 1. The van der Waals surface area contributed by atoms with Crippen LogP contribution < -0.4 is 0 Å². The maximum atomic E-state index is 6.32. The van der Waals surface area contributed by atoms with Gasteiger partial charge in [0.05, 0.1) is 32.3 Å². The standard InChI is InChI=1S/C40H22N4OS/c1-5-13-29-26(10-1)36-31(43(29)23-17-18-25-24-9-3-7-15-33(24)45-34(25)21-23)19-20-32-37(36)27-11-2-6-14-30(27)44(32)40-39-38(41-22-42-40)28-12-4-8-16-35(28)46-39/h1-22H. The van der Waals surface area contributed by atoms with E-state index in [0.29, 0.717) is 0 Å². The number of nitrogens with zero attached hydrogens (tertiary/aromatic N) is 4. The van der Waals surface area contributed by atoms with Crippen molar-refractivity contribution in [3.63, 3.8) is 0 Å². The van der Waals surface area contributed by atoms with Gasteiger partial charge in [0.1, 0.15) is 17.5 Å². The first kappa shape index (κ1) is 24.4. The van der Waals surface area contributed by atoms with Crippen LogP contribution in [0.2, 0.25) is 0 Å². The van der Waals surface area contributed by atoms with E-state index in [4.69, 9.17) is 14.4 Å². The minimum absolute atomic E-state index is 0.887. The van der Waals surface area contributed by atoms with E-state index in [1.807, 2.05) is 12.1 Å².